The van der Waals surface area contributed by atoms with Gasteiger partial charge in [-0.15, -0.1) is 0 Å². The van der Waals surface area contributed by atoms with Gasteiger partial charge in [0.1, 0.15) is 13.2 Å². The van der Waals surface area contributed by atoms with E-state index >= 15 is 0 Å². The summed E-state index contributed by atoms with van der Waals surface area (Å²) in [6, 6.07) is 0. The Kier molecular flexibility index (Phi) is 46.2. The predicted octanol–water partition coefficient (Wildman–Crippen LogP) is 17.9. The van der Waals surface area contributed by atoms with E-state index in [0.717, 1.165) is 75.5 Å². The van der Waals surface area contributed by atoms with Crippen LogP contribution in [0.4, 0.5) is 0 Å². The van der Waals surface area contributed by atoms with Crippen LogP contribution in [0.5, 0.6) is 0 Å². The Morgan fingerprint density at radius 2 is 0.565 bits per heavy atom. The van der Waals surface area contributed by atoms with Crippen LogP contribution in [0.2, 0.25) is 0 Å². The lowest BCUT2D eigenvalue weighted by molar-refractivity contribution is -0.167. The van der Waals surface area contributed by atoms with Gasteiger partial charge in [-0.1, -0.05) is 266 Å². The normalized spacial score (nSPS) is 12.6. The maximum atomic E-state index is 12.8. The number of carbonyl (C=O) groups excluding carboxylic acids is 3. The smallest absolute Gasteiger partial charge is 0.306 e. The fraction of sp³-hybridized carbons (Fsp3) is 0.946. The molecular formula is C56H108O6. The number of hydrogen-bond donors (Lipinski definition) is 0. The van der Waals surface area contributed by atoms with Gasteiger partial charge in [0.2, 0.25) is 0 Å². The Labute approximate surface area is 387 Å². The molecule has 0 spiro atoms. The molecule has 0 N–H and O–H groups in total. The van der Waals surface area contributed by atoms with Gasteiger partial charge in [-0.05, 0) is 37.0 Å². The van der Waals surface area contributed by atoms with Gasteiger partial charge in [-0.2, -0.15) is 0 Å². The summed E-state index contributed by atoms with van der Waals surface area (Å²) in [5.74, 6) is 1.67. The topological polar surface area (TPSA) is 78.9 Å². The minimum absolute atomic E-state index is 0.0644. The molecule has 0 aliphatic carbocycles. The average Bonchev–Trinajstić information content (AvgIpc) is 3.24. The number of unbranched alkanes of at least 4 members (excludes halogenated alkanes) is 31. The van der Waals surface area contributed by atoms with Crippen LogP contribution in [0.1, 0.15) is 305 Å². The number of rotatable bonds is 49. The number of esters is 3. The van der Waals surface area contributed by atoms with Gasteiger partial charge in [0, 0.05) is 19.3 Å². The molecule has 0 radical (unpaired) electrons. The summed E-state index contributed by atoms with van der Waals surface area (Å²) in [7, 11) is 0. The monoisotopic (exact) mass is 877 g/mol. The second-order valence-corrected chi connectivity index (χ2v) is 20.4. The SMILES string of the molecule is CCC(C)CCCCCCCCCCC(=O)O[C@@H](COC(=O)CCCCCCCCCCCCCCCCCC(C)C)COC(=O)CCCCCCCCCCCCCC(C)C. The lowest BCUT2D eigenvalue weighted by Crippen LogP contribution is -2.30. The zero-order valence-corrected chi connectivity index (χ0v) is 42.7. The lowest BCUT2D eigenvalue weighted by Gasteiger charge is -2.18. The van der Waals surface area contributed by atoms with Gasteiger partial charge in [0.25, 0.3) is 0 Å². The summed E-state index contributed by atoms with van der Waals surface area (Å²) in [6.07, 6.45) is 48.0. The quantitative estimate of drug-likeness (QED) is 0.0344. The molecule has 2 atom stereocenters. The van der Waals surface area contributed by atoms with Gasteiger partial charge in [0.15, 0.2) is 6.10 Å². The molecule has 62 heavy (non-hydrogen) atoms. The summed E-state index contributed by atoms with van der Waals surface area (Å²) in [6.45, 7) is 13.8. The summed E-state index contributed by atoms with van der Waals surface area (Å²) in [5.41, 5.74) is 0. The third-order valence-electron chi connectivity index (χ3n) is 13.0. The molecule has 368 valence electrons. The highest BCUT2D eigenvalue weighted by molar-refractivity contribution is 5.71. The van der Waals surface area contributed by atoms with Crippen molar-refractivity contribution >= 4 is 17.9 Å². The Bertz CT molecular complexity index is 962. The first kappa shape index (κ1) is 60.4. The molecule has 0 saturated heterocycles. The zero-order valence-electron chi connectivity index (χ0n) is 42.7. The van der Waals surface area contributed by atoms with Crippen molar-refractivity contribution < 1.29 is 28.6 Å². The predicted molar refractivity (Wildman–Crippen MR) is 266 cm³/mol. The molecule has 0 fully saturated rings. The molecule has 0 aromatic rings. The second kappa shape index (κ2) is 47.4. The van der Waals surface area contributed by atoms with Crippen molar-refractivity contribution in [3.8, 4) is 0 Å². The molecule has 0 heterocycles. The van der Waals surface area contributed by atoms with Crippen LogP contribution in [0.3, 0.4) is 0 Å². The molecule has 0 aliphatic heterocycles. The van der Waals surface area contributed by atoms with Crippen molar-refractivity contribution in [2.24, 2.45) is 17.8 Å². The highest BCUT2D eigenvalue weighted by atomic mass is 16.6. The van der Waals surface area contributed by atoms with E-state index in [-0.39, 0.29) is 31.1 Å². The van der Waals surface area contributed by atoms with E-state index in [0.29, 0.717) is 19.3 Å². The van der Waals surface area contributed by atoms with Crippen LogP contribution in [0.15, 0.2) is 0 Å². The minimum Gasteiger partial charge on any atom is -0.462 e. The highest BCUT2D eigenvalue weighted by Gasteiger charge is 2.19. The first-order valence-electron chi connectivity index (χ1n) is 27.6. The maximum Gasteiger partial charge on any atom is 0.306 e. The van der Waals surface area contributed by atoms with Gasteiger partial charge < -0.3 is 14.2 Å². The van der Waals surface area contributed by atoms with Crippen LogP contribution < -0.4 is 0 Å². The summed E-state index contributed by atoms with van der Waals surface area (Å²) in [5, 5.41) is 0. The minimum atomic E-state index is -0.763. The Balaban J connectivity index is 4.28. The molecule has 1 unspecified atom stereocenters. The molecule has 0 aromatic heterocycles. The molecule has 0 saturated carbocycles. The zero-order chi connectivity index (χ0) is 45.6. The largest absolute Gasteiger partial charge is 0.462 e. The van der Waals surface area contributed by atoms with Crippen molar-refractivity contribution in [3.05, 3.63) is 0 Å². The van der Waals surface area contributed by atoms with E-state index in [4.69, 9.17) is 14.2 Å². The summed E-state index contributed by atoms with van der Waals surface area (Å²) < 4.78 is 16.9. The first-order chi connectivity index (χ1) is 30.1. The van der Waals surface area contributed by atoms with Crippen molar-refractivity contribution in [1.29, 1.82) is 0 Å². The molecule has 0 amide bonds. The molecular weight excluding hydrogens is 769 g/mol. The number of ether oxygens (including phenoxy) is 3. The third kappa shape index (κ3) is 47.9. The van der Waals surface area contributed by atoms with Crippen molar-refractivity contribution in [2.75, 3.05) is 13.2 Å². The second-order valence-electron chi connectivity index (χ2n) is 20.4. The molecule has 6 heteroatoms. The fourth-order valence-corrected chi connectivity index (χ4v) is 8.44. The standard InChI is InChI=1S/C56H108O6/c1-7-52(6)44-38-32-26-22-23-29-35-41-47-56(59)62-53(49-61-55(58)46-40-34-28-21-17-13-15-19-25-31-37-43-51(4)5)48-60-54(57)45-39-33-27-20-16-12-10-8-9-11-14-18-24-30-36-42-50(2)3/h50-53H,7-49H2,1-6H3/t52?,53-/m0/s1. The molecule has 6 nitrogen and oxygen atoms in total. The summed E-state index contributed by atoms with van der Waals surface area (Å²) in [4.78, 5) is 38.0. The number of carbonyl (C=O) groups is 3. The number of hydrogen-bond acceptors (Lipinski definition) is 6. The van der Waals surface area contributed by atoms with E-state index in [1.807, 2.05) is 0 Å². The van der Waals surface area contributed by atoms with Gasteiger partial charge in [0.05, 0.1) is 0 Å². The van der Waals surface area contributed by atoms with Crippen LogP contribution in [0, 0.1) is 17.8 Å². The van der Waals surface area contributed by atoms with E-state index in [9.17, 15) is 14.4 Å². The molecule has 0 aromatic carbocycles. The Morgan fingerprint density at radius 3 is 0.839 bits per heavy atom. The van der Waals surface area contributed by atoms with Crippen LogP contribution in [-0.2, 0) is 28.6 Å². The van der Waals surface area contributed by atoms with E-state index in [2.05, 4.69) is 41.5 Å². The van der Waals surface area contributed by atoms with Crippen molar-refractivity contribution in [3.63, 3.8) is 0 Å². The Hall–Kier alpha value is -1.59. The van der Waals surface area contributed by atoms with Gasteiger partial charge >= 0.3 is 17.9 Å². The maximum absolute atomic E-state index is 12.8. The van der Waals surface area contributed by atoms with E-state index in [1.165, 1.54) is 186 Å². The average molecular weight is 877 g/mol. The molecule has 0 bridgehead atoms. The van der Waals surface area contributed by atoms with E-state index in [1.54, 1.807) is 0 Å². The first-order valence-corrected chi connectivity index (χ1v) is 27.6. The fourth-order valence-electron chi connectivity index (χ4n) is 8.44. The van der Waals surface area contributed by atoms with Crippen molar-refractivity contribution in [2.45, 2.75) is 311 Å². The van der Waals surface area contributed by atoms with Gasteiger partial charge in [-0.3, -0.25) is 14.4 Å². The highest BCUT2D eigenvalue weighted by Crippen LogP contribution is 2.18. The molecule has 0 rings (SSSR count). The van der Waals surface area contributed by atoms with Crippen LogP contribution in [0.25, 0.3) is 0 Å². The third-order valence-corrected chi connectivity index (χ3v) is 13.0. The van der Waals surface area contributed by atoms with E-state index < -0.39 is 6.10 Å². The Morgan fingerprint density at radius 1 is 0.323 bits per heavy atom. The van der Waals surface area contributed by atoms with Gasteiger partial charge in [-0.25, -0.2) is 0 Å². The van der Waals surface area contributed by atoms with Crippen LogP contribution >= 0.6 is 0 Å². The van der Waals surface area contributed by atoms with Crippen molar-refractivity contribution in [1.82, 2.24) is 0 Å². The van der Waals surface area contributed by atoms with Crippen LogP contribution in [-0.4, -0.2) is 37.2 Å². The molecule has 0 aliphatic rings. The lowest BCUT2D eigenvalue weighted by atomic mass is 9.99. The summed E-state index contributed by atoms with van der Waals surface area (Å²) >= 11 is 0.